The Balaban J connectivity index is 2.54. The van der Waals surface area contributed by atoms with Crippen LogP contribution >= 0.6 is 11.3 Å². The summed E-state index contributed by atoms with van der Waals surface area (Å²) in [6, 6.07) is 4.35. The monoisotopic (exact) mass is 254 g/mol. The van der Waals surface area contributed by atoms with Crippen LogP contribution in [0.5, 0.6) is 0 Å². The zero-order valence-electron chi connectivity index (χ0n) is 11.6. The first kappa shape index (κ1) is 14.7. The molecule has 0 aliphatic rings. The second-order valence-electron chi connectivity index (χ2n) is 4.99. The number of hydrogen-bond acceptors (Lipinski definition) is 3. The highest BCUT2D eigenvalue weighted by molar-refractivity contribution is 7.09. The van der Waals surface area contributed by atoms with Crippen LogP contribution in [0.25, 0.3) is 0 Å². The molecule has 0 aliphatic heterocycles. The quantitative estimate of drug-likeness (QED) is 0.766. The zero-order valence-corrected chi connectivity index (χ0v) is 12.4. The van der Waals surface area contributed by atoms with Gasteiger partial charge in [0, 0.05) is 24.5 Å². The van der Waals surface area contributed by atoms with Gasteiger partial charge in [-0.25, -0.2) is 0 Å². The predicted octanol–water partition coefficient (Wildman–Crippen LogP) is 3.21. The van der Waals surface area contributed by atoms with Gasteiger partial charge in [0.1, 0.15) is 0 Å². The van der Waals surface area contributed by atoms with Crippen molar-refractivity contribution in [2.45, 2.75) is 33.2 Å². The molecule has 2 nitrogen and oxygen atoms in total. The number of rotatable bonds is 8. The lowest BCUT2D eigenvalue weighted by Gasteiger charge is -2.35. The number of hydrogen-bond donors (Lipinski definition) is 1. The van der Waals surface area contributed by atoms with Crippen molar-refractivity contribution in [2.24, 2.45) is 5.41 Å². The van der Waals surface area contributed by atoms with E-state index in [4.69, 9.17) is 0 Å². The highest BCUT2D eigenvalue weighted by Crippen LogP contribution is 2.27. The standard InChI is InChI=1S/C14H26N2S/c1-5-14(6-2,11-15-3)12-16(4)10-13-8-7-9-17-13/h7-9,15H,5-6,10-12H2,1-4H3. The van der Waals surface area contributed by atoms with Crippen LogP contribution in [0.15, 0.2) is 17.5 Å². The van der Waals surface area contributed by atoms with E-state index in [2.05, 4.69) is 55.7 Å². The smallest absolute Gasteiger partial charge is 0.0325 e. The fourth-order valence-corrected chi connectivity index (χ4v) is 3.24. The Morgan fingerprint density at radius 1 is 1.35 bits per heavy atom. The summed E-state index contributed by atoms with van der Waals surface area (Å²) in [6.45, 7) is 7.95. The summed E-state index contributed by atoms with van der Waals surface area (Å²) in [6.07, 6.45) is 2.47. The van der Waals surface area contributed by atoms with Gasteiger partial charge in [0.05, 0.1) is 0 Å². The molecule has 0 fully saturated rings. The fourth-order valence-electron chi connectivity index (χ4n) is 2.45. The summed E-state index contributed by atoms with van der Waals surface area (Å²) in [5, 5.41) is 5.51. The summed E-state index contributed by atoms with van der Waals surface area (Å²) in [5.74, 6) is 0. The van der Waals surface area contributed by atoms with Gasteiger partial charge in [-0.2, -0.15) is 0 Å². The largest absolute Gasteiger partial charge is 0.319 e. The SMILES string of the molecule is CCC(CC)(CNC)CN(C)Cc1cccs1. The van der Waals surface area contributed by atoms with E-state index < -0.39 is 0 Å². The third-order valence-corrected chi connectivity index (χ3v) is 4.52. The van der Waals surface area contributed by atoms with E-state index in [0.29, 0.717) is 5.41 Å². The second kappa shape index (κ2) is 7.14. The van der Waals surface area contributed by atoms with Gasteiger partial charge in [-0.1, -0.05) is 19.9 Å². The lowest BCUT2D eigenvalue weighted by molar-refractivity contribution is 0.154. The average molecular weight is 254 g/mol. The van der Waals surface area contributed by atoms with Crippen molar-refractivity contribution in [1.82, 2.24) is 10.2 Å². The van der Waals surface area contributed by atoms with Gasteiger partial charge in [0.25, 0.3) is 0 Å². The van der Waals surface area contributed by atoms with Crippen LogP contribution in [-0.4, -0.2) is 32.1 Å². The Labute approximate surface area is 110 Å². The van der Waals surface area contributed by atoms with Crippen molar-refractivity contribution in [1.29, 1.82) is 0 Å². The first-order valence-corrected chi connectivity index (χ1v) is 7.39. The molecule has 1 aromatic heterocycles. The second-order valence-corrected chi connectivity index (χ2v) is 6.02. The van der Waals surface area contributed by atoms with E-state index >= 15 is 0 Å². The summed E-state index contributed by atoms with van der Waals surface area (Å²) in [7, 11) is 4.29. The molecule has 0 amide bonds. The topological polar surface area (TPSA) is 15.3 Å². The highest BCUT2D eigenvalue weighted by Gasteiger charge is 2.26. The molecule has 0 radical (unpaired) electrons. The lowest BCUT2D eigenvalue weighted by Crippen LogP contribution is -2.41. The Hall–Kier alpha value is -0.380. The van der Waals surface area contributed by atoms with Gasteiger partial charge in [0.2, 0.25) is 0 Å². The minimum absolute atomic E-state index is 0.417. The first-order chi connectivity index (χ1) is 8.15. The Morgan fingerprint density at radius 2 is 2.06 bits per heavy atom. The van der Waals surface area contributed by atoms with Gasteiger partial charge < -0.3 is 10.2 Å². The van der Waals surface area contributed by atoms with Gasteiger partial charge in [-0.05, 0) is 43.8 Å². The van der Waals surface area contributed by atoms with E-state index in [1.54, 1.807) is 0 Å². The summed E-state index contributed by atoms with van der Waals surface area (Å²) < 4.78 is 0. The van der Waals surface area contributed by atoms with Crippen molar-refractivity contribution in [3.8, 4) is 0 Å². The molecule has 0 saturated heterocycles. The number of nitrogens with one attached hydrogen (secondary N) is 1. The van der Waals surface area contributed by atoms with Crippen molar-refractivity contribution in [2.75, 3.05) is 27.2 Å². The van der Waals surface area contributed by atoms with Crippen molar-refractivity contribution in [3.63, 3.8) is 0 Å². The van der Waals surface area contributed by atoms with Gasteiger partial charge in [-0.15, -0.1) is 11.3 Å². The molecule has 1 heterocycles. The van der Waals surface area contributed by atoms with Crippen LogP contribution in [0.3, 0.4) is 0 Å². The Kier molecular flexibility index (Phi) is 6.17. The minimum Gasteiger partial charge on any atom is -0.319 e. The fraction of sp³-hybridized carbons (Fsp3) is 0.714. The van der Waals surface area contributed by atoms with E-state index in [1.165, 1.54) is 24.3 Å². The van der Waals surface area contributed by atoms with E-state index in [-0.39, 0.29) is 0 Å². The molecule has 0 atom stereocenters. The molecule has 0 spiro atoms. The molecule has 0 bridgehead atoms. The molecule has 1 rings (SSSR count). The van der Waals surface area contributed by atoms with E-state index in [9.17, 15) is 0 Å². The zero-order chi connectivity index (χ0) is 12.7. The molecule has 0 unspecified atom stereocenters. The molecule has 98 valence electrons. The van der Waals surface area contributed by atoms with E-state index in [0.717, 1.165) is 13.1 Å². The van der Waals surface area contributed by atoms with Crippen molar-refractivity contribution < 1.29 is 0 Å². The van der Waals surface area contributed by atoms with Crippen molar-refractivity contribution >= 4 is 11.3 Å². The van der Waals surface area contributed by atoms with Gasteiger partial charge in [0.15, 0.2) is 0 Å². The molecular formula is C14H26N2S. The minimum atomic E-state index is 0.417. The maximum Gasteiger partial charge on any atom is 0.0325 e. The normalized spacial score (nSPS) is 12.3. The van der Waals surface area contributed by atoms with Gasteiger partial charge >= 0.3 is 0 Å². The van der Waals surface area contributed by atoms with Crippen LogP contribution in [0.4, 0.5) is 0 Å². The van der Waals surface area contributed by atoms with Crippen LogP contribution in [0.2, 0.25) is 0 Å². The molecule has 0 aromatic carbocycles. The van der Waals surface area contributed by atoms with Crippen LogP contribution < -0.4 is 5.32 Å². The maximum atomic E-state index is 3.35. The molecule has 17 heavy (non-hydrogen) atoms. The van der Waals surface area contributed by atoms with Gasteiger partial charge in [-0.3, -0.25) is 0 Å². The molecule has 0 aliphatic carbocycles. The Morgan fingerprint density at radius 3 is 2.53 bits per heavy atom. The van der Waals surface area contributed by atoms with Crippen molar-refractivity contribution in [3.05, 3.63) is 22.4 Å². The lowest BCUT2D eigenvalue weighted by atomic mass is 9.81. The highest BCUT2D eigenvalue weighted by atomic mass is 32.1. The first-order valence-electron chi connectivity index (χ1n) is 6.51. The molecule has 0 saturated carbocycles. The third-order valence-electron chi connectivity index (χ3n) is 3.66. The molecule has 1 N–H and O–H groups in total. The predicted molar refractivity (Wildman–Crippen MR) is 77.6 cm³/mol. The van der Waals surface area contributed by atoms with Crippen LogP contribution in [0, 0.1) is 5.41 Å². The maximum absolute atomic E-state index is 3.35. The summed E-state index contributed by atoms with van der Waals surface area (Å²) >= 11 is 1.85. The van der Waals surface area contributed by atoms with E-state index in [1.807, 2.05) is 11.3 Å². The number of nitrogens with zero attached hydrogens (tertiary/aromatic N) is 1. The van der Waals surface area contributed by atoms with Crippen LogP contribution in [0.1, 0.15) is 31.6 Å². The molecule has 3 heteroatoms. The average Bonchev–Trinajstić information content (AvgIpc) is 2.81. The van der Waals surface area contributed by atoms with Crippen LogP contribution in [-0.2, 0) is 6.54 Å². The Bertz CT molecular complexity index is 291. The summed E-state index contributed by atoms with van der Waals surface area (Å²) in [4.78, 5) is 3.91. The molecule has 1 aromatic rings. The summed E-state index contributed by atoms with van der Waals surface area (Å²) in [5.41, 5.74) is 0.417. The third kappa shape index (κ3) is 4.41. The number of thiophene rings is 1. The molecular weight excluding hydrogens is 228 g/mol.